The van der Waals surface area contributed by atoms with Crippen molar-refractivity contribution in [1.29, 1.82) is 0 Å². The zero-order valence-corrected chi connectivity index (χ0v) is 36.2. The largest absolute Gasteiger partial charge is 0.459 e. The number of rotatable bonds is 18. The summed E-state index contributed by atoms with van der Waals surface area (Å²) in [5.74, 6) is -2.83. The van der Waals surface area contributed by atoms with Gasteiger partial charge in [0.2, 0.25) is 0 Å². The van der Waals surface area contributed by atoms with Crippen LogP contribution in [0.5, 0.6) is 23.0 Å². The first-order valence-corrected chi connectivity index (χ1v) is 19.6. The van der Waals surface area contributed by atoms with Gasteiger partial charge in [-0.05, 0) is 120 Å². The first kappa shape index (κ1) is 47.5. The van der Waals surface area contributed by atoms with Gasteiger partial charge in [-0.25, -0.2) is 19.2 Å². The van der Waals surface area contributed by atoms with Gasteiger partial charge in [0, 0.05) is 39.0 Å². The van der Waals surface area contributed by atoms with E-state index in [-0.39, 0.29) is 82.6 Å². The molecule has 0 bridgehead atoms. The van der Waals surface area contributed by atoms with Gasteiger partial charge in [-0.1, -0.05) is 33.9 Å². The number of benzene rings is 4. The Morgan fingerprint density at radius 3 is 1.32 bits per heavy atom. The summed E-state index contributed by atoms with van der Waals surface area (Å²) in [4.78, 5) is 77.5. The normalized spacial score (nSPS) is 11.0. The van der Waals surface area contributed by atoms with Crippen LogP contribution in [0, 0.1) is 5.41 Å². The number of ether oxygens (including phenoxy) is 6. The molecule has 14 nitrogen and oxygen atoms in total. The van der Waals surface area contributed by atoms with Crippen LogP contribution in [0.25, 0.3) is 0 Å². The van der Waals surface area contributed by atoms with Crippen LogP contribution in [0.3, 0.4) is 0 Å². The van der Waals surface area contributed by atoms with Crippen molar-refractivity contribution in [2.45, 2.75) is 60.9 Å². The van der Waals surface area contributed by atoms with Gasteiger partial charge in [-0.3, -0.25) is 9.59 Å². The molecule has 0 fully saturated rings. The molecule has 1 amide bonds. The second-order valence-electron chi connectivity index (χ2n) is 16.2. The number of nitrogens with one attached hydrogen (secondary N) is 2. The molecular formula is C48H52N2O12. The number of esters is 4. The Balaban J connectivity index is 1.57. The third-order valence-electron chi connectivity index (χ3n) is 8.35. The van der Waals surface area contributed by atoms with E-state index in [4.69, 9.17) is 28.4 Å². The predicted molar refractivity (Wildman–Crippen MR) is 233 cm³/mol. The standard InChI is InChI=1S/C48H52N2O12/c1-29(2)43(53)57-23-25-59-45(55)39-27-35(19-21-37(39)41(51)47(5,6)7)62-36-20-22-38(40(28-36)46(56)60-26-24-58-44(54)30(3)4)42(52)49-31-11-15-33(16-12-31)61-34-17-13-32(14-18-34)50-48(8,9)10/h11-22,27-28,50H,1,3,23-26H2,2,4-10H3,(H,49,52). The van der Waals surface area contributed by atoms with Crippen LogP contribution in [0.1, 0.15) is 96.8 Å². The highest BCUT2D eigenvalue weighted by atomic mass is 16.6. The second-order valence-corrected chi connectivity index (χ2v) is 16.2. The van der Waals surface area contributed by atoms with Gasteiger partial charge in [0.15, 0.2) is 5.78 Å². The maximum absolute atomic E-state index is 13.7. The summed E-state index contributed by atoms with van der Waals surface area (Å²) in [5, 5.41) is 6.17. The number of amides is 1. The number of carbonyl (C=O) groups is 6. The fourth-order valence-corrected chi connectivity index (χ4v) is 5.37. The lowest BCUT2D eigenvalue weighted by molar-refractivity contribution is -0.140. The smallest absolute Gasteiger partial charge is 0.339 e. The fraction of sp³-hybridized carbons (Fsp3) is 0.292. The summed E-state index contributed by atoms with van der Waals surface area (Å²) in [7, 11) is 0. The van der Waals surface area contributed by atoms with Crippen molar-refractivity contribution in [1.82, 2.24) is 0 Å². The van der Waals surface area contributed by atoms with Gasteiger partial charge in [0.25, 0.3) is 5.91 Å². The highest BCUT2D eigenvalue weighted by Crippen LogP contribution is 2.31. The summed E-state index contributed by atoms with van der Waals surface area (Å²) in [6.07, 6.45) is 0. The summed E-state index contributed by atoms with van der Waals surface area (Å²) in [5.41, 5.74) is 0.413. The van der Waals surface area contributed by atoms with E-state index in [1.807, 2.05) is 24.3 Å². The van der Waals surface area contributed by atoms with Crippen molar-refractivity contribution in [3.05, 3.63) is 131 Å². The maximum Gasteiger partial charge on any atom is 0.339 e. The highest BCUT2D eigenvalue weighted by Gasteiger charge is 2.29. The molecule has 0 aliphatic carbocycles. The van der Waals surface area contributed by atoms with Crippen LogP contribution in [0.2, 0.25) is 0 Å². The Morgan fingerprint density at radius 1 is 0.500 bits per heavy atom. The van der Waals surface area contributed by atoms with E-state index in [1.54, 1.807) is 45.0 Å². The Morgan fingerprint density at radius 2 is 0.887 bits per heavy atom. The molecule has 0 atom stereocenters. The van der Waals surface area contributed by atoms with Crippen LogP contribution in [-0.2, 0) is 28.5 Å². The summed E-state index contributed by atoms with van der Waals surface area (Å²) < 4.78 is 32.8. The zero-order valence-electron chi connectivity index (χ0n) is 36.2. The molecule has 0 aliphatic heterocycles. The van der Waals surface area contributed by atoms with Gasteiger partial charge in [-0.15, -0.1) is 0 Å². The topological polar surface area (TPSA) is 182 Å². The van der Waals surface area contributed by atoms with Crippen molar-refractivity contribution in [2.75, 3.05) is 37.1 Å². The lowest BCUT2D eigenvalue weighted by Crippen LogP contribution is -2.25. The number of hydrogen-bond donors (Lipinski definition) is 2. The fourth-order valence-electron chi connectivity index (χ4n) is 5.37. The van der Waals surface area contributed by atoms with Gasteiger partial charge in [0.05, 0.1) is 16.7 Å². The van der Waals surface area contributed by atoms with Gasteiger partial charge >= 0.3 is 23.9 Å². The maximum atomic E-state index is 13.7. The van der Waals surface area contributed by atoms with Crippen molar-refractivity contribution in [3.63, 3.8) is 0 Å². The number of Topliss-reactive ketones (excluding diaryl/α,β-unsaturated/α-hetero) is 1. The average molecular weight is 849 g/mol. The first-order chi connectivity index (χ1) is 29.1. The number of hydrogen-bond acceptors (Lipinski definition) is 13. The minimum Gasteiger partial charge on any atom is -0.459 e. The van der Waals surface area contributed by atoms with Crippen LogP contribution in [-0.4, -0.2) is 67.5 Å². The van der Waals surface area contributed by atoms with Crippen LogP contribution < -0.4 is 20.1 Å². The van der Waals surface area contributed by atoms with Gasteiger partial charge in [-0.2, -0.15) is 0 Å². The molecule has 4 aromatic rings. The Bertz CT molecular complexity index is 2330. The van der Waals surface area contributed by atoms with E-state index in [0.29, 0.717) is 17.2 Å². The quantitative estimate of drug-likeness (QED) is 0.0318. The molecule has 2 N–H and O–H groups in total. The van der Waals surface area contributed by atoms with Crippen molar-refractivity contribution in [3.8, 4) is 23.0 Å². The zero-order chi connectivity index (χ0) is 45.8. The number of carbonyl (C=O) groups excluding carboxylic acids is 6. The molecule has 0 aliphatic rings. The molecule has 0 saturated heterocycles. The molecule has 0 heterocycles. The Labute approximate surface area is 361 Å². The molecule has 4 aromatic carbocycles. The molecule has 326 valence electrons. The van der Waals surface area contributed by atoms with E-state index < -0.39 is 35.2 Å². The van der Waals surface area contributed by atoms with Crippen LogP contribution in [0.15, 0.2) is 109 Å². The minimum atomic E-state index is -0.929. The summed E-state index contributed by atoms with van der Waals surface area (Å²) in [6.45, 7) is 20.1. The summed E-state index contributed by atoms with van der Waals surface area (Å²) in [6, 6.07) is 22.4. The molecule has 14 heteroatoms. The van der Waals surface area contributed by atoms with Crippen molar-refractivity contribution < 1.29 is 57.2 Å². The third kappa shape index (κ3) is 14.2. The number of anilines is 2. The Hall–Kier alpha value is -7.22. The second kappa shape index (κ2) is 20.8. The van der Waals surface area contributed by atoms with Crippen molar-refractivity contribution in [2.24, 2.45) is 5.41 Å². The molecular weight excluding hydrogens is 797 g/mol. The lowest BCUT2D eigenvalue weighted by Gasteiger charge is -2.22. The summed E-state index contributed by atoms with van der Waals surface area (Å²) >= 11 is 0. The minimum absolute atomic E-state index is 0.0619. The molecule has 0 unspecified atom stereocenters. The average Bonchev–Trinajstić information content (AvgIpc) is 3.20. The predicted octanol–water partition coefficient (Wildman–Crippen LogP) is 9.51. The van der Waals surface area contributed by atoms with E-state index in [0.717, 1.165) is 5.69 Å². The highest BCUT2D eigenvalue weighted by molar-refractivity contribution is 6.11. The molecule has 0 spiro atoms. The molecule has 62 heavy (non-hydrogen) atoms. The van der Waals surface area contributed by atoms with Gasteiger partial charge < -0.3 is 39.1 Å². The first-order valence-electron chi connectivity index (χ1n) is 19.6. The molecule has 0 aromatic heterocycles. The molecule has 0 radical (unpaired) electrons. The SMILES string of the molecule is C=C(C)C(=O)OCCOC(=O)c1cc(Oc2ccc(C(=O)C(C)(C)C)c(C(=O)OCCOC(=O)C(=C)C)c2)ccc1C(=O)Nc1ccc(Oc2ccc(NC(C)(C)C)cc2)cc1. The van der Waals surface area contributed by atoms with Crippen LogP contribution >= 0.6 is 0 Å². The lowest BCUT2D eigenvalue weighted by atomic mass is 9.84. The van der Waals surface area contributed by atoms with Crippen LogP contribution in [0.4, 0.5) is 11.4 Å². The van der Waals surface area contributed by atoms with E-state index in [9.17, 15) is 28.8 Å². The molecule has 4 rings (SSSR count). The van der Waals surface area contributed by atoms with E-state index in [1.165, 1.54) is 50.2 Å². The Kier molecular flexibility index (Phi) is 16.0. The monoisotopic (exact) mass is 848 g/mol. The van der Waals surface area contributed by atoms with Crippen molar-refractivity contribution >= 4 is 46.9 Å². The van der Waals surface area contributed by atoms with E-state index in [2.05, 4.69) is 44.6 Å². The third-order valence-corrected chi connectivity index (χ3v) is 8.35. The van der Waals surface area contributed by atoms with E-state index >= 15 is 0 Å². The molecule has 0 saturated carbocycles. The van der Waals surface area contributed by atoms with Gasteiger partial charge in [0.1, 0.15) is 49.4 Å². The number of ketones is 1.